The van der Waals surface area contributed by atoms with Gasteiger partial charge in [-0.15, -0.1) is 10.2 Å². The Kier molecular flexibility index (Phi) is 5.64. The zero-order valence-electron chi connectivity index (χ0n) is 18.9. The molecule has 1 aliphatic heterocycles. The lowest BCUT2D eigenvalue weighted by atomic mass is 10.1. The van der Waals surface area contributed by atoms with Gasteiger partial charge in [-0.2, -0.15) is 0 Å². The van der Waals surface area contributed by atoms with Crippen LogP contribution in [-0.4, -0.2) is 56.7 Å². The number of aryl methyl sites for hydroxylation is 2. The molecule has 1 saturated heterocycles. The summed E-state index contributed by atoms with van der Waals surface area (Å²) in [5.74, 6) is 2.38. The number of nitrogens with one attached hydrogen (secondary N) is 1. The smallest absolute Gasteiger partial charge is 0.227 e. The molecule has 8 heteroatoms. The number of hydrogen-bond donors (Lipinski definition) is 1. The number of aromatic nitrogens is 4. The minimum Gasteiger partial charge on any atom is -0.352 e. The number of rotatable bonds is 5. The first-order valence-corrected chi connectivity index (χ1v) is 11.2. The average molecular weight is 442 g/mol. The van der Waals surface area contributed by atoms with E-state index in [1.807, 2.05) is 61.5 Å². The molecule has 5 rings (SSSR count). The zero-order chi connectivity index (χ0) is 22.8. The van der Waals surface area contributed by atoms with Gasteiger partial charge in [-0.3, -0.25) is 4.79 Å². The van der Waals surface area contributed by atoms with Gasteiger partial charge in [-0.25, -0.2) is 4.98 Å². The summed E-state index contributed by atoms with van der Waals surface area (Å²) in [4.78, 5) is 21.4. The molecule has 168 valence electrons. The van der Waals surface area contributed by atoms with Gasteiger partial charge in [-0.1, -0.05) is 24.3 Å². The van der Waals surface area contributed by atoms with Crippen molar-refractivity contribution in [2.45, 2.75) is 13.3 Å². The third kappa shape index (κ3) is 4.50. The predicted octanol–water partition coefficient (Wildman–Crippen LogP) is 3.31. The molecular weight excluding hydrogens is 414 g/mol. The van der Waals surface area contributed by atoms with Crippen LogP contribution < -0.4 is 10.2 Å². The number of hydrogen-bond acceptors (Lipinski definition) is 6. The van der Waals surface area contributed by atoms with Crippen LogP contribution in [0, 0.1) is 6.92 Å². The number of amides is 1. The summed E-state index contributed by atoms with van der Waals surface area (Å²) < 4.78 is 2.09. The van der Waals surface area contributed by atoms with Crippen molar-refractivity contribution in [3.8, 4) is 0 Å². The van der Waals surface area contributed by atoms with E-state index in [4.69, 9.17) is 0 Å². The number of benzene rings is 1. The van der Waals surface area contributed by atoms with Gasteiger partial charge < -0.3 is 19.7 Å². The molecule has 0 bridgehead atoms. The molecule has 1 fully saturated rings. The largest absolute Gasteiger partial charge is 0.352 e. The Morgan fingerprint density at radius 1 is 0.970 bits per heavy atom. The maximum atomic E-state index is 13.0. The molecule has 3 aromatic heterocycles. The van der Waals surface area contributed by atoms with Crippen molar-refractivity contribution in [2.24, 2.45) is 7.05 Å². The van der Waals surface area contributed by atoms with Crippen LogP contribution in [-0.2, 0) is 18.3 Å². The van der Waals surface area contributed by atoms with E-state index in [0.29, 0.717) is 25.3 Å². The minimum absolute atomic E-state index is 0.169. The second-order valence-corrected chi connectivity index (χ2v) is 8.45. The second-order valence-electron chi connectivity index (χ2n) is 8.45. The van der Waals surface area contributed by atoms with Crippen LogP contribution in [0.25, 0.3) is 10.9 Å². The van der Waals surface area contributed by atoms with Gasteiger partial charge in [0.25, 0.3) is 0 Å². The highest BCUT2D eigenvalue weighted by Gasteiger charge is 2.23. The number of anilines is 3. The van der Waals surface area contributed by atoms with Crippen LogP contribution in [0.15, 0.2) is 60.9 Å². The molecule has 1 aliphatic rings. The molecule has 1 N–H and O–H groups in total. The molecule has 4 aromatic rings. The molecule has 0 atom stereocenters. The van der Waals surface area contributed by atoms with Crippen LogP contribution >= 0.6 is 0 Å². The summed E-state index contributed by atoms with van der Waals surface area (Å²) >= 11 is 0. The Bertz CT molecular complexity index is 1260. The predicted molar refractivity (Wildman–Crippen MR) is 130 cm³/mol. The van der Waals surface area contributed by atoms with E-state index < -0.39 is 0 Å². The van der Waals surface area contributed by atoms with Crippen LogP contribution in [0.5, 0.6) is 0 Å². The number of para-hydroxylation sites is 1. The maximum absolute atomic E-state index is 13.0. The summed E-state index contributed by atoms with van der Waals surface area (Å²) in [6, 6.07) is 16.0. The van der Waals surface area contributed by atoms with Crippen molar-refractivity contribution in [2.75, 3.05) is 36.4 Å². The molecule has 8 nitrogen and oxygen atoms in total. The highest BCUT2D eigenvalue weighted by molar-refractivity contribution is 5.89. The van der Waals surface area contributed by atoms with Crippen LogP contribution in [0.4, 0.5) is 17.5 Å². The minimum atomic E-state index is 0.169. The highest BCUT2D eigenvalue weighted by atomic mass is 16.2. The lowest BCUT2D eigenvalue weighted by Gasteiger charge is -2.35. The Hall–Kier alpha value is -3.94. The molecule has 0 saturated carbocycles. The van der Waals surface area contributed by atoms with Crippen molar-refractivity contribution in [1.82, 2.24) is 24.6 Å². The third-order valence-corrected chi connectivity index (χ3v) is 6.10. The van der Waals surface area contributed by atoms with E-state index in [1.54, 1.807) is 0 Å². The van der Waals surface area contributed by atoms with Crippen molar-refractivity contribution < 1.29 is 4.79 Å². The van der Waals surface area contributed by atoms with Gasteiger partial charge in [0.15, 0.2) is 11.6 Å². The van der Waals surface area contributed by atoms with Gasteiger partial charge in [0.1, 0.15) is 5.82 Å². The van der Waals surface area contributed by atoms with Gasteiger partial charge in [0.05, 0.1) is 6.42 Å². The lowest BCUT2D eigenvalue weighted by Crippen LogP contribution is -2.49. The highest BCUT2D eigenvalue weighted by Crippen LogP contribution is 2.22. The Labute approximate surface area is 192 Å². The first-order chi connectivity index (χ1) is 16.1. The second kappa shape index (κ2) is 8.90. The number of fused-ring (bicyclic) bond motifs is 1. The number of carbonyl (C=O) groups excluding carboxylic acids is 1. The van der Waals surface area contributed by atoms with Gasteiger partial charge in [0, 0.05) is 56.5 Å². The standard InChI is InChI=1S/C25H27N7O/c1-18-7-8-22(26-16-18)27-23-9-10-24(29-28-23)31-11-13-32(14-12-31)25(33)15-19-17-30(2)21-6-4-3-5-20(19)21/h3-10,16-17H,11-15H2,1-2H3,(H,26,27,28). The van der Waals surface area contributed by atoms with E-state index in [0.717, 1.165) is 46.8 Å². The fourth-order valence-corrected chi connectivity index (χ4v) is 4.26. The number of carbonyl (C=O) groups is 1. The van der Waals surface area contributed by atoms with Crippen molar-refractivity contribution >= 4 is 34.3 Å². The summed E-state index contributed by atoms with van der Waals surface area (Å²) in [6.45, 7) is 4.84. The molecule has 33 heavy (non-hydrogen) atoms. The van der Waals surface area contributed by atoms with E-state index in [-0.39, 0.29) is 5.91 Å². The first kappa shape index (κ1) is 20.9. The molecule has 4 heterocycles. The Balaban J connectivity index is 1.17. The van der Waals surface area contributed by atoms with E-state index >= 15 is 0 Å². The third-order valence-electron chi connectivity index (χ3n) is 6.10. The number of piperazine rings is 1. The Morgan fingerprint density at radius 2 is 1.76 bits per heavy atom. The summed E-state index contributed by atoms with van der Waals surface area (Å²) in [7, 11) is 2.02. The molecule has 0 aliphatic carbocycles. The normalized spacial score (nSPS) is 14.0. The molecule has 1 aromatic carbocycles. The fourth-order valence-electron chi connectivity index (χ4n) is 4.26. The van der Waals surface area contributed by atoms with E-state index in [2.05, 4.69) is 48.3 Å². The molecule has 0 spiro atoms. The lowest BCUT2D eigenvalue weighted by molar-refractivity contribution is -0.130. The fraction of sp³-hybridized carbons (Fsp3) is 0.280. The van der Waals surface area contributed by atoms with Crippen LogP contribution in [0.2, 0.25) is 0 Å². The Morgan fingerprint density at radius 3 is 2.48 bits per heavy atom. The van der Waals surface area contributed by atoms with Crippen molar-refractivity contribution in [3.05, 3.63) is 72.1 Å². The number of nitrogens with zero attached hydrogens (tertiary/aromatic N) is 6. The number of pyridine rings is 1. The quantitative estimate of drug-likeness (QED) is 0.512. The van der Waals surface area contributed by atoms with Gasteiger partial charge in [0.2, 0.25) is 5.91 Å². The van der Waals surface area contributed by atoms with Crippen LogP contribution in [0.3, 0.4) is 0 Å². The van der Waals surface area contributed by atoms with Gasteiger partial charge in [-0.05, 0) is 42.3 Å². The monoisotopic (exact) mass is 441 g/mol. The molecule has 0 unspecified atom stereocenters. The van der Waals surface area contributed by atoms with Crippen molar-refractivity contribution in [1.29, 1.82) is 0 Å². The molecule has 1 amide bonds. The van der Waals surface area contributed by atoms with Crippen LogP contribution in [0.1, 0.15) is 11.1 Å². The first-order valence-electron chi connectivity index (χ1n) is 11.2. The summed E-state index contributed by atoms with van der Waals surface area (Å²) in [6.07, 6.45) is 4.30. The molecule has 0 radical (unpaired) electrons. The summed E-state index contributed by atoms with van der Waals surface area (Å²) in [5.41, 5.74) is 3.34. The van der Waals surface area contributed by atoms with Crippen molar-refractivity contribution in [3.63, 3.8) is 0 Å². The summed E-state index contributed by atoms with van der Waals surface area (Å²) in [5, 5.41) is 13.0. The van der Waals surface area contributed by atoms with Gasteiger partial charge >= 0.3 is 0 Å². The maximum Gasteiger partial charge on any atom is 0.227 e. The SMILES string of the molecule is Cc1ccc(Nc2ccc(N3CCN(C(=O)Cc4cn(C)c5ccccc45)CC3)nn2)nc1. The van der Waals surface area contributed by atoms with E-state index in [1.165, 1.54) is 0 Å². The van der Waals surface area contributed by atoms with E-state index in [9.17, 15) is 4.79 Å². The topological polar surface area (TPSA) is 79.2 Å². The molecular formula is C25H27N7O. The average Bonchev–Trinajstić information content (AvgIpc) is 3.16. The zero-order valence-corrected chi connectivity index (χ0v) is 18.9.